The van der Waals surface area contributed by atoms with E-state index in [9.17, 15) is 9.59 Å². The molecule has 0 saturated heterocycles. The number of imide groups is 1. The standard InChI is InChI=1S/C26H25NO4/c1-3-30-23-15-14-19(17-24(23)31-4-2)22(16-18-10-6-5-7-11-18)27-25(28)20-12-8-9-13-21(20)26(27)29/h5-15,17,22H,3-4,16H2,1-2H3/t22-/m1/s1. The van der Waals surface area contributed by atoms with Gasteiger partial charge in [-0.2, -0.15) is 0 Å². The van der Waals surface area contributed by atoms with E-state index in [1.54, 1.807) is 24.3 Å². The molecule has 1 aliphatic heterocycles. The van der Waals surface area contributed by atoms with Crippen LogP contribution in [0.25, 0.3) is 0 Å². The molecule has 0 radical (unpaired) electrons. The molecular formula is C26H25NO4. The van der Waals surface area contributed by atoms with Crippen molar-refractivity contribution in [3.63, 3.8) is 0 Å². The topological polar surface area (TPSA) is 55.8 Å². The number of carbonyl (C=O) groups is 2. The summed E-state index contributed by atoms with van der Waals surface area (Å²) < 4.78 is 11.5. The fourth-order valence-corrected chi connectivity index (χ4v) is 3.96. The van der Waals surface area contributed by atoms with Crippen molar-refractivity contribution in [2.24, 2.45) is 0 Å². The Morgan fingerprint density at radius 3 is 1.94 bits per heavy atom. The molecule has 0 bridgehead atoms. The highest BCUT2D eigenvalue weighted by molar-refractivity contribution is 6.21. The lowest BCUT2D eigenvalue weighted by Gasteiger charge is -2.27. The lowest BCUT2D eigenvalue weighted by molar-refractivity contribution is 0.0581. The van der Waals surface area contributed by atoms with Gasteiger partial charge in [0.15, 0.2) is 11.5 Å². The molecule has 0 fully saturated rings. The van der Waals surface area contributed by atoms with Crippen LogP contribution in [0.15, 0.2) is 72.8 Å². The normalized spacial score (nSPS) is 13.8. The van der Waals surface area contributed by atoms with Gasteiger partial charge in [-0.05, 0) is 55.7 Å². The van der Waals surface area contributed by atoms with Gasteiger partial charge in [0, 0.05) is 0 Å². The monoisotopic (exact) mass is 415 g/mol. The van der Waals surface area contributed by atoms with Crippen molar-refractivity contribution in [2.45, 2.75) is 26.3 Å². The van der Waals surface area contributed by atoms with Gasteiger partial charge in [0.1, 0.15) is 0 Å². The van der Waals surface area contributed by atoms with Crippen LogP contribution < -0.4 is 9.47 Å². The van der Waals surface area contributed by atoms with Gasteiger partial charge >= 0.3 is 0 Å². The molecule has 158 valence electrons. The average Bonchev–Trinajstić information content (AvgIpc) is 3.05. The largest absolute Gasteiger partial charge is 0.490 e. The molecule has 0 saturated carbocycles. The van der Waals surface area contributed by atoms with Gasteiger partial charge in [0.2, 0.25) is 0 Å². The number of amides is 2. The molecular weight excluding hydrogens is 390 g/mol. The third kappa shape index (κ3) is 4.04. The summed E-state index contributed by atoms with van der Waals surface area (Å²) in [5.74, 6) is 0.715. The summed E-state index contributed by atoms with van der Waals surface area (Å²) in [5, 5.41) is 0. The van der Waals surface area contributed by atoms with Gasteiger partial charge in [-0.25, -0.2) is 0 Å². The number of rotatable bonds is 8. The zero-order chi connectivity index (χ0) is 21.8. The Labute approximate surface area is 182 Å². The zero-order valence-corrected chi connectivity index (χ0v) is 17.7. The summed E-state index contributed by atoms with van der Waals surface area (Å²) in [6.45, 7) is 4.83. The van der Waals surface area contributed by atoms with Crippen LogP contribution in [0.1, 0.15) is 51.7 Å². The molecule has 1 heterocycles. The Kier molecular flexibility index (Phi) is 6.03. The third-order valence-corrected chi connectivity index (χ3v) is 5.36. The highest BCUT2D eigenvalue weighted by Gasteiger charge is 2.40. The van der Waals surface area contributed by atoms with Crippen LogP contribution in [-0.4, -0.2) is 29.9 Å². The van der Waals surface area contributed by atoms with Crippen LogP contribution in [0.4, 0.5) is 0 Å². The second-order valence-electron chi connectivity index (χ2n) is 7.30. The maximum absolute atomic E-state index is 13.2. The number of benzene rings is 3. The van der Waals surface area contributed by atoms with Gasteiger partial charge in [0.05, 0.1) is 30.4 Å². The third-order valence-electron chi connectivity index (χ3n) is 5.36. The Morgan fingerprint density at radius 2 is 1.32 bits per heavy atom. The van der Waals surface area contributed by atoms with E-state index in [0.29, 0.717) is 42.3 Å². The maximum atomic E-state index is 13.2. The lowest BCUT2D eigenvalue weighted by Crippen LogP contribution is -2.35. The van der Waals surface area contributed by atoms with Crippen molar-refractivity contribution >= 4 is 11.8 Å². The van der Waals surface area contributed by atoms with Crippen molar-refractivity contribution < 1.29 is 19.1 Å². The minimum absolute atomic E-state index is 0.270. The molecule has 3 aromatic rings. The summed E-state index contributed by atoms with van der Waals surface area (Å²) in [7, 11) is 0. The number of ether oxygens (including phenoxy) is 2. The fraction of sp³-hybridized carbons (Fsp3) is 0.231. The predicted molar refractivity (Wildman–Crippen MR) is 119 cm³/mol. The molecule has 0 aliphatic carbocycles. The van der Waals surface area contributed by atoms with Crippen LogP contribution in [0, 0.1) is 0 Å². The quantitative estimate of drug-likeness (QED) is 0.482. The number of fused-ring (bicyclic) bond motifs is 1. The summed E-state index contributed by atoms with van der Waals surface area (Å²) in [6, 6.07) is 22.0. The maximum Gasteiger partial charge on any atom is 0.262 e. The minimum Gasteiger partial charge on any atom is -0.490 e. The highest BCUT2D eigenvalue weighted by atomic mass is 16.5. The molecule has 0 N–H and O–H groups in total. The predicted octanol–water partition coefficient (Wildman–Crippen LogP) is 5.06. The average molecular weight is 415 g/mol. The van der Waals surface area contributed by atoms with Gasteiger partial charge in [-0.1, -0.05) is 48.5 Å². The van der Waals surface area contributed by atoms with Crippen molar-refractivity contribution in [1.82, 2.24) is 4.90 Å². The molecule has 4 rings (SSSR count). The highest BCUT2D eigenvalue weighted by Crippen LogP contribution is 2.37. The number of nitrogens with zero attached hydrogens (tertiary/aromatic N) is 1. The molecule has 0 aromatic heterocycles. The Morgan fingerprint density at radius 1 is 0.742 bits per heavy atom. The van der Waals surface area contributed by atoms with Gasteiger partial charge < -0.3 is 9.47 Å². The molecule has 2 amide bonds. The molecule has 1 atom stereocenters. The van der Waals surface area contributed by atoms with Crippen LogP contribution in [0.5, 0.6) is 11.5 Å². The van der Waals surface area contributed by atoms with Crippen LogP contribution >= 0.6 is 0 Å². The number of hydrogen-bond donors (Lipinski definition) is 0. The molecule has 5 nitrogen and oxygen atoms in total. The van der Waals surface area contributed by atoms with Gasteiger partial charge in [-0.3, -0.25) is 14.5 Å². The van der Waals surface area contributed by atoms with Crippen LogP contribution in [0.3, 0.4) is 0 Å². The Hall–Kier alpha value is -3.60. The Bertz CT molecular complexity index is 1060. The van der Waals surface area contributed by atoms with E-state index in [0.717, 1.165) is 11.1 Å². The van der Waals surface area contributed by atoms with Crippen LogP contribution in [-0.2, 0) is 6.42 Å². The second kappa shape index (κ2) is 9.04. The molecule has 0 spiro atoms. The van der Waals surface area contributed by atoms with E-state index in [2.05, 4.69) is 0 Å². The van der Waals surface area contributed by atoms with Crippen molar-refractivity contribution in [1.29, 1.82) is 0 Å². The van der Waals surface area contributed by atoms with E-state index in [1.165, 1.54) is 4.90 Å². The summed E-state index contributed by atoms with van der Waals surface area (Å²) in [6.07, 6.45) is 0.506. The second-order valence-corrected chi connectivity index (χ2v) is 7.30. The van der Waals surface area contributed by atoms with Crippen molar-refractivity contribution in [3.05, 3.63) is 95.1 Å². The SMILES string of the molecule is CCOc1ccc([C@@H](Cc2ccccc2)N2C(=O)c3ccccc3C2=O)cc1OCC. The van der Waals surface area contributed by atoms with Crippen LogP contribution in [0.2, 0.25) is 0 Å². The number of hydrogen-bond acceptors (Lipinski definition) is 4. The van der Waals surface area contributed by atoms with E-state index < -0.39 is 6.04 Å². The first-order valence-electron chi connectivity index (χ1n) is 10.5. The van der Waals surface area contributed by atoms with Gasteiger partial charge in [-0.15, -0.1) is 0 Å². The smallest absolute Gasteiger partial charge is 0.262 e. The fourth-order valence-electron chi connectivity index (χ4n) is 3.96. The van der Waals surface area contributed by atoms with Crippen molar-refractivity contribution in [3.8, 4) is 11.5 Å². The Balaban J connectivity index is 1.78. The molecule has 31 heavy (non-hydrogen) atoms. The number of carbonyl (C=O) groups excluding carboxylic acids is 2. The summed E-state index contributed by atoms with van der Waals surface area (Å²) in [4.78, 5) is 27.9. The summed E-state index contributed by atoms with van der Waals surface area (Å²) in [5.41, 5.74) is 2.75. The van der Waals surface area contributed by atoms with Crippen molar-refractivity contribution in [2.75, 3.05) is 13.2 Å². The summed E-state index contributed by atoms with van der Waals surface area (Å²) >= 11 is 0. The zero-order valence-electron chi connectivity index (χ0n) is 17.7. The van der Waals surface area contributed by atoms with E-state index >= 15 is 0 Å². The molecule has 1 aliphatic rings. The van der Waals surface area contributed by atoms with E-state index in [1.807, 2.05) is 62.4 Å². The lowest BCUT2D eigenvalue weighted by atomic mass is 9.97. The molecule has 0 unspecified atom stereocenters. The minimum atomic E-state index is -0.468. The molecule has 5 heteroatoms. The first-order valence-corrected chi connectivity index (χ1v) is 10.5. The van der Waals surface area contributed by atoms with E-state index in [4.69, 9.17) is 9.47 Å². The molecule has 3 aromatic carbocycles. The van der Waals surface area contributed by atoms with Gasteiger partial charge in [0.25, 0.3) is 11.8 Å². The first-order chi connectivity index (χ1) is 15.1. The first kappa shape index (κ1) is 20.7. The van der Waals surface area contributed by atoms with E-state index in [-0.39, 0.29) is 11.8 Å².